The van der Waals surface area contributed by atoms with Crippen molar-refractivity contribution in [1.29, 1.82) is 0 Å². The van der Waals surface area contributed by atoms with Gasteiger partial charge in [-0.2, -0.15) is 0 Å². The Morgan fingerprint density at radius 1 is 1.45 bits per heavy atom. The smallest absolute Gasteiger partial charge is 0.305 e. The second-order valence-electron chi connectivity index (χ2n) is 1.81. The lowest BCUT2D eigenvalue weighted by atomic mass is 10.5. The minimum absolute atomic E-state index is 0.105. The number of carbonyl (C=O) groups is 2. The molecule has 0 aliphatic carbocycles. The zero-order valence-electron chi connectivity index (χ0n) is 7.42. The van der Waals surface area contributed by atoms with Crippen molar-refractivity contribution >= 4 is 12.3 Å². The van der Waals surface area contributed by atoms with Gasteiger partial charge in [-0.3, -0.25) is 4.79 Å². The molecule has 0 bridgehead atoms. The Kier molecular flexibility index (Phi) is 13.8. The predicted octanol–water partition coefficient (Wildman–Crippen LogP) is 1.55. The molecule has 0 amide bonds. The van der Waals surface area contributed by atoms with Crippen molar-refractivity contribution in [3.05, 3.63) is 0 Å². The van der Waals surface area contributed by atoms with Gasteiger partial charge in [-0.05, 0) is 13.3 Å². The minimum Gasteiger partial charge on any atom is -0.466 e. The Labute approximate surface area is 67.7 Å². The Hall–Kier alpha value is -0.860. The van der Waals surface area contributed by atoms with Crippen molar-refractivity contribution in [1.82, 2.24) is 0 Å². The molecule has 0 fully saturated rings. The summed E-state index contributed by atoms with van der Waals surface area (Å²) in [5.41, 5.74) is 0. The summed E-state index contributed by atoms with van der Waals surface area (Å²) in [4.78, 5) is 19.2. The van der Waals surface area contributed by atoms with Gasteiger partial charge in [-0.25, -0.2) is 0 Å². The lowest BCUT2D eigenvalue weighted by Gasteiger charge is -1.97. The van der Waals surface area contributed by atoms with E-state index in [1.807, 2.05) is 6.92 Å². The van der Waals surface area contributed by atoms with Crippen LogP contribution in [0.2, 0.25) is 0 Å². The molecule has 66 valence electrons. The fourth-order valence-electron chi connectivity index (χ4n) is 0.318. The standard InChI is InChI=1S/C6H12O2.C2H4O/c1-3-5-8-6(7)4-2;1-2-3/h3-5H2,1-2H3;2H,1H3. The summed E-state index contributed by atoms with van der Waals surface area (Å²) in [6.45, 7) is 5.77. The first-order valence-corrected chi connectivity index (χ1v) is 3.78. The first-order chi connectivity index (χ1) is 5.22. The Balaban J connectivity index is 0. The summed E-state index contributed by atoms with van der Waals surface area (Å²) >= 11 is 0. The lowest BCUT2D eigenvalue weighted by Crippen LogP contribution is -2.02. The van der Waals surface area contributed by atoms with Crippen molar-refractivity contribution in [2.24, 2.45) is 0 Å². The number of hydrogen-bond acceptors (Lipinski definition) is 3. The average Bonchev–Trinajstić information content (AvgIpc) is 2.02. The number of esters is 1. The molecule has 11 heavy (non-hydrogen) atoms. The number of hydrogen-bond donors (Lipinski definition) is 0. The second-order valence-corrected chi connectivity index (χ2v) is 1.81. The van der Waals surface area contributed by atoms with E-state index in [0.29, 0.717) is 13.0 Å². The maximum atomic E-state index is 10.3. The lowest BCUT2D eigenvalue weighted by molar-refractivity contribution is -0.143. The molecule has 0 saturated carbocycles. The van der Waals surface area contributed by atoms with E-state index >= 15 is 0 Å². The fourth-order valence-corrected chi connectivity index (χ4v) is 0.318. The van der Waals surface area contributed by atoms with Crippen LogP contribution in [-0.4, -0.2) is 18.9 Å². The highest BCUT2D eigenvalue weighted by Crippen LogP contribution is 1.85. The van der Waals surface area contributed by atoms with E-state index in [-0.39, 0.29) is 5.97 Å². The van der Waals surface area contributed by atoms with Crippen LogP contribution in [0.1, 0.15) is 33.6 Å². The van der Waals surface area contributed by atoms with Gasteiger partial charge in [-0.15, -0.1) is 0 Å². The largest absolute Gasteiger partial charge is 0.466 e. The molecule has 0 atom stereocenters. The zero-order valence-corrected chi connectivity index (χ0v) is 7.42. The Morgan fingerprint density at radius 3 is 2.18 bits per heavy atom. The van der Waals surface area contributed by atoms with Crippen LogP contribution >= 0.6 is 0 Å². The summed E-state index contributed by atoms with van der Waals surface area (Å²) in [6, 6.07) is 0. The summed E-state index contributed by atoms with van der Waals surface area (Å²) in [5.74, 6) is -0.105. The third-order valence-electron chi connectivity index (χ3n) is 0.756. The van der Waals surface area contributed by atoms with Crippen molar-refractivity contribution in [3.63, 3.8) is 0 Å². The van der Waals surface area contributed by atoms with Crippen LogP contribution in [0.4, 0.5) is 0 Å². The van der Waals surface area contributed by atoms with Gasteiger partial charge < -0.3 is 9.53 Å². The molecule has 0 aliphatic rings. The molecule has 0 spiro atoms. The van der Waals surface area contributed by atoms with E-state index in [1.54, 1.807) is 6.92 Å². The maximum Gasteiger partial charge on any atom is 0.305 e. The third-order valence-corrected chi connectivity index (χ3v) is 0.756. The first-order valence-electron chi connectivity index (χ1n) is 3.78. The van der Waals surface area contributed by atoms with Gasteiger partial charge in [0.2, 0.25) is 0 Å². The monoisotopic (exact) mass is 160 g/mol. The molecular formula is C8H16O3. The van der Waals surface area contributed by atoms with Gasteiger partial charge >= 0.3 is 5.97 Å². The molecule has 0 saturated heterocycles. The summed E-state index contributed by atoms with van der Waals surface area (Å²) < 4.78 is 4.70. The number of ether oxygens (including phenoxy) is 1. The Bertz CT molecular complexity index is 99.5. The molecule has 0 aliphatic heterocycles. The third kappa shape index (κ3) is 17.6. The van der Waals surface area contributed by atoms with Gasteiger partial charge in [0.05, 0.1) is 6.61 Å². The molecule has 0 N–H and O–H groups in total. The molecule has 0 unspecified atom stereocenters. The molecule has 3 nitrogen and oxygen atoms in total. The van der Waals surface area contributed by atoms with E-state index in [9.17, 15) is 4.79 Å². The quantitative estimate of drug-likeness (QED) is 0.464. The zero-order chi connectivity index (χ0) is 9.11. The fraction of sp³-hybridized carbons (Fsp3) is 0.750. The van der Waals surface area contributed by atoms with Crippen LogP contribution < -0.4 is 0 Å². The highest BCUT2D eigenvalue weighted by Gasteiger charge is 1.93. The highest BCUT2D eigenvalue weighted by atomic mass is 16.5. The summed E-state index contributed by atoms with van der Waals surface area (Å²) in [5, 5.41) is 0. The van der Waals surface area contributed by atoms with E-state index in [2.05, 4.69) is 0 Å². The second kappa shape index (κ2) is 11.9. The predicted molar refractivity (Wildman–Crippen MR) is 43.3 cm³/mol. The molecule has 0 radical (unpaired) electrons. The van der Waals surface area contributed by atoms with Gasteiger partial charge in [0.25, 0.3) is 0 Å². The van der Waals surface area contributed by atoms with Gasteiger partial charge in [0.15, 0.2) is 0 Å². The van der Waals surface area contributed by atoms with Crippen LogP contribution in [0.5, 0.6) is 0 Å². The van der Waals surface area contributed by atoms with E-state index in [4.69, 9.17) is 9.53 Å². The SMILES string of the molecule is CC=O.CCCOC(=O)CC. The first kappa shape index (κ1) is 12.8. The minimum atomic E-state index is -0.105. The van der Waals surface area contributed by atoms with E-state index < -0.39 is 0 Å². The van der Waals surface area contributed by atoms with Gasteiger partial charge in [0.1, 0.15) is 6.29 Å². The van der Waals surface area contributed by atoms with Crippen molar-refractivity contribution in [2.45, 2.75) is 33.6 Å². The van der Waals surface area contributed by atoms with E-state index in [0.717, 1.165) is 12.7 Å². The number of carbonyl (C=O) groups excluding carboxylic acids is 2. The van der Waals surface area contributed by atoms with Crippen LogP contribution in [0.3, 0.4) is 0 Å². The van der Waals surface area contributed by atoms with Crippen LogP contribution in [0, 0.1) is 0 Å². The average molecular weight is 160 g/mol. The van der Waals surface area contributed by atoms with Crippen LogP contribution in [0.25, 0.3) is 0 Å². The molecule has 0 aromatic carbocycles. The van der Waals surface area contributed by atoms with Crippen molar-refractivity contribution in [2.75, 3.05) is 6.61 Å². The van der Waals surface area contributed by atoms with E-state index in [1.165, 1.54) is 6.92 Å². The number of aldehydes is 1. The van der Waals surface area contributed by atoms with Crippen molar-refractivity contribution < 1.29 is 14.3 Å². The normalized spacial score (nSPS) is 7.55. The molecular weight excluding hydrogens is 144 g/mol. The highest BCUT2D eigenvalue weighted by molar-refractivity contribution is 5.68. The van der Waals surface area contributed by atoms with Crippen molar-refractivity contribution in [3.8, 4) is 0 Å². The molecule has 0 rings (SSSR count). The molecule has 0 aromatic heterocycles. The maximum absolute atomic E-state index is 10.3. The Morgan fingerprint density at radius 2 is 1.91 bits per heavy atom. The topological polar surface area (TPSA) is 43.4 Å². The summed E-state index contributed by atoms with van der Waals surface area (Å²) in [7, 11) is 0. The molecule has 0 aromatic rings. The van der Waals surface area contributed by atoms with Crippen LogP contribution in [0.15, 0.2) is 0 Å². The molecule has 3 heteroatoms. The van der Waals surface area contributed by atoms with Gasteiger partial charge in [-0.1, -0.05) is 13.8 Å². The molecule has 0 heterocycles. The number of rotatable bonds is 3. The van der Waals surface area contributed by atoms with Crippen LogP contribution in [-0.2, 0) is 14.3 Å². The summed E-state index contributed by atoms with van der Waals surface area (Å²) in [6.07, 6.45) is 2.14. The van der Waals surface area contributed by atoms with Gasteiger partial charge in [0, 0.05) is 6.42 Å².